The molecular weight excluding hydrogens is 343 g/mol. The highest BCUT2D eigenvalue weighted by Gasteiger charge is 2.05. The van der Waals surface area contributed by atoms with E-state index in [9.17, 15) is 4.79 Å². The van der Waals surface area contributed by atoms with Gasteiger partial charge in [0.05, 0.1) is 22.2 Å². The van der Waals surface area contributed by atoms with Crippen molar-refractivity contribution in [1.29, 1.82) is 0 Å². The van der Waals surface area contributed by atoms with Gasteiger partial charge in [0.2, 0.25) is 5.91 Å². The summed E-state index contributed by atoms with van der Waals surface area (Å²) in [5.41, 5.74) is 4.82. The fraction of sp³-hybridized carbons (Fsp3) is 0.125. The van der Waals surface area contributed by atoms with Crippen LogP contribution in [0.1, 0.15) is 18.1 Å². The molecule has 2 aromatic carbocycles. The highest BCUT2D eigenvalue weighted by Crippen LogP contribution is 2.22. The maximum atomic E-state index is 11.9. The molecule has 0 bridgehead atoms. The predicted octanol–water partition coefficient (Wildman–Crippen LogP) is 4.73. The molecule has 0 aliphatic heterocycles. The molecule has 6 heteroatoms. The lowest BCUT2D eigenvalue weighted by atomic mass is 10.1. The van der Waals surface area contributed by atoms with Crippen LogP contribution in [0.4, 0.5) is 0 Å². The molecule has 0 spiro atoms. The minimum absolute atomic E-state index is 0.207. The average molecular weight is 356 g/mol. The van der Waals surface area contributed by atoms with Gasteiger partial charge in [-0.25, -0.2) is 5.43 Å². The van der Waals surface area contributed by atoms with Crippen molar-refractivity contribution in [1.82, 2.24) is 5.43 Å². The van der Waals surface area contributed by atoms with Crippen LogP contribution < -0.4 is 5.43 Å². The number of hydrogen-bond donors (Lipinski definition) is 1. The van der Waals surface area contributed by atoms with E-state index in [-0.39, 0.29) is 12.3 Å². The van der Waals surface area contributed by atoms with E-state index in [4.69, 9.17) is 34.8 Å². The molecule has 0 aliphatic carbocycles. The van der Waals surface area contributed by atoms with Crippen LogP contribution in [-0.2, 0) is 11.2 Å². The number of nitrogens with one attached hydrogen (secondary N) is 1. The lowest BCUT2D eigenvalue weighted by Gasteiger charge is -2.05. The quantitative estimate of drug-likeness (QED) is 0.625. The van der Waals surface area contributed by atoms with E-state index in [2.05, 4.69) is 10.5 Å². The Kier molecular flexibility index (Phi) is 5.83. The first-order valence-electron chi connectivity index (χ1n) is 6.48. The van der Waals surface area contributed by atoms with E-state index in [1.807, 2.05) is 0 Å². The summed E-state index contributed by atoms with van der Waals surface area (Å²) < 4.78 is 0. The van der Waals surface area contributed by atoms with E-state index >= 15 is 0 Å². The Balaban J connectivity index is 1.99. The van der Waals surface area contributed by atoms with Crippen LogP contribution in [0, 0.1) is 0 Å². The first-order chi connectivity index (χ1) is 10.5. The van der Waals surface area contributed by atoms with Crippen LogP contribution in [0.25, 0.3) is 0 Å². The topological polar surface area (TPSA) is 41.5 Å². The summed E-state index contributed by atoms with van der Waals surface area (Å²) in [6, 6.07) is 12.3. The zero-order chi connectivity index (χ0) is 16.1. The van der Waals surface area contributed by atoms with Crippen LogP contribution in [0.5, 0.6) is 0 Å². The Bertz CT molecular complexity index is 712. The zero-order valence-electron chi connectivity index (χ0n) is 11.7. The molecule has 0 saturated heterocycles. The van der Waals surface area contributed by atoms with E-state index in [1.54, 1.807) is 49.4 Å². The molecule has 0 radical (unpaired) electrons. The Morgan fingerprint density at radius 2 is 1.73 bits per heavy atom. The molecule has 0 unspecified atom stereocenters. The van der Waals surface area contributed by atoms with Crippen molar-refractivity contribution in [3.8, 4) is 0 Å². The second-order valence-electron chi connectivity index (χ2n) is 4.66. The SMILES string of the molecule is CC(=NNC(=O)Cc1ccc(Cl)cc1)c1ccc(Cl)c(Cl)c1. The molecular formula is C16H13Cl3N2O. The molecule has 1 amide bonds. The fourth-order valence-corrected chi connectivity index (χ4v) is 2.18. The van der Waals surface area contributed by atoms with Crippen LogP contribution in [-0.4, -0.2) is 11.6 Å². The van der Waals surface area contributed by atoms with Gasteiger partial charge in [-0.1, -0.05) is 53.0 Å². The fourth-order valence-electron chi connectivity index (χ4n) is 1.76. The van der Waals surface area contributed by atoms with Crippen LogP contribution >= 0.6 is 34.8 Å². The Morgan fingerprint density at radius 3 is 2.36 bits per heavy atom. The number of halogens is 3. The van der Waals surface area contributed by atoms with Gasteiger partial charge >= 0.3 is 0 Å². The van der Waals surface area contributed by atoms with Gasteiger partial charge in [-0.15, -0.1) is 0 Å². The van der Waals surface area contributed by atoms with Crippen LogP contribution in [0.3, 0.4) is 0 Å². The number of carbonyl (C=O) groups excluding carboxylic acids is 1. The third kappa shape index (κ3) is 4.73. The number of benzene rings is 2. The second-order valence-corrected chi connectivity index (χ2v) is 5.92. The first kappa shape index (κ1) is 16.8. The van der Waals surface area contributed by atoms with Gasteiger partial charge in [0.1, 0.15) is 0 Å². The van der Waals surface area contributed by atoms with Crippen molar-refractivity contribution < 1.29 is 4.79 Å². The van der Waals surface area contributed by atoms with Gasteiger partial charge in [0.25, 0.3) is 0 Å². The molecule has 114 valence electrons. The molecule has 0 aromatic heterocycles. The number of nitrogens with zero attached hydrogens (tertiary/aromatic N) is 1. The molecule has 2 rings (SSSR count). The Labute approximate surface area is 143 Å². The third-order valence-electron chi connectivity index (χ3n) is 2.96. The van der Waals surface area contributed by atoms with Crippen molar-refractivity contribution in [3.05, 3.63) is 68.7 Å². The molecule has 0 heterocycles. The summed E-state index contributed by atoms with van der Waals surface area (Å²) in [5.74, 6) is -0.207. The van der Waals surface area contributed by atoms with Crippen LogP contribution in [0.2, 0.25) is 15.1 Å². The molecule has 0 atom stereocenters. The van der Waals surface area contributed by atoms with Gasteiger partial charge in [-0.05, 0) is 42.3 Å². The predicted molar refractivity (Wildman–Crippen MR) is 92.0 cm³/mol. The summed E-state index contributed by atoms with van der Waals surface area (Å²) in [4.78, 5) is 11.9. The summed E-state index contributed by atoms with van der Waals surface area (Å²) in [6.07, 6.45) is 0.231. The van der Waals surface area contributed by atoms with Gasteiger partial charge < -0.3 is 0 Å². The van der Waals surface area contributed by atoms with E-state index < -0.39 is 0 Å². The smallest absolute Gasteiger partial charge is 0.244 e. The minimum Gasteiger partial charge on any atom is -0.273 e. The maximum Gasteiger partial charge on any atom is 0.244 e. The molecule has 22 heavy (non-hydrogen) atoms. The van der Waals surface area contributed by atoms with Gasteiger partial charge in [-0.2, -0.15) is 5.10 Å². The molecule has 0 aliphatic rings. The number of hydrogen-bond acceptors (Lipinski definition) is 2. The molecule has 1 N–H and O–H groups in total. The van der Waals surface area contributed by atoms with Gasteiger partial charge in [0.15, 0.2) is 0 Å². The number of rotatable bonds is 4. The van der Waals surface area contributed by atoms with Crippen LogP contribution in [0.15, 0.2) is 47.6 Å². The van der Waals surface area contributed by atoms with E-state index in [0.717, 1.165) is 11.1 Å². The largest absolute Gasteiger partial charge is 0.273 e. The highest BCUT2D eigenvalue weighted by atomic mass is 35.5. The van der Waals surface area contributed by atoms with Crippen molar-refractivity contribution >= 4 is 46.4 Å². The van der Waals surface area contributed by atoms with Crippen molar-refractivity contribution in [3.63, 3.8) is 0 Å². The molecule has 2 aromatic rings. The van der Waals surface area contributed by atoms with Crippen molar-refractivity contribution in [2.45, 2.75) is 13.3 Å². The lowest BCUT2D eigenvalue weighted by Crippen LogP contribution is -2.21. The molecule has 0 fully saturated rings. The van der Waals surface area contributed by atoms with Gasteiger partial charge in [-0.3, -0.25) is 4.79 Å². The number of amides is 1. The van der Waals surface area contributed by atoms with Crippen molar-refractivity contribution in [2.24, 2.45) is 5.10 Å². The average Bonchev–Trinajstić information content (AvgIpc) is 2.50. The molecule has 3 nitrogen and oxygen atoms in total. The lowest BCUT2D eigenvalue weighted by molar-refractivity contribution is -0.120. The Morgan fingerprint density at radius 1 is 1.05 bits per heavy atom. The van der Waals surface area contributed by atoms with E-state index in [0.29, 0.717) is 20.8 Å². The monoisotopic (exact) mass is 354 g/mol. The van der Waals surface area contributed by atoms with Crippen molar-refractivity contribution in [2.75, 3.05) is 0 Å². The summed E-state index contributed by atoms with van der Waals surface area (Å²) in [5, 5.41) is 5.63. The first-order valence-corrected chi connectivity index (χ1v) is 7.62. The second kappa shape index (κ2) is 7.63. The van der Waals surface area contributed by atoms with Gasteiger partial charge in [0, 0.05) is 5.02 Å². The Hall–Kier alpha value is -1.55. The number of carbonyl (C=O) groups is 1. The zero-order valence-corrected chi connectivity index (χ0v) is 14.0. The third-order valence-corrected chi connectivity index (χ3v) is 3.95. The summed E-state index contributed by atoms with van der Waals surface area (Å²) in [6.45, 7) is 1.78. The standard InChI is InChI=1S/C16H13Cl3N2O/c1-10(12-4-7-14(18)15(19)9-12)20-21-16(22)8-11-2-5-13(17)6-3-11/h2-7,9H,8H2,1H3,(H,21,22). The molecule has 0 saturated carbocycles. The minimum atomic E-state index is -0.207. The maximum absolute atomic E-state index is 11.9. The summed E-state index contributed by atoms with van der Waals surface area (Å²) >= 11 is 17.6. The summed E-state index contributed by atoms with van der Waals surface area (Å²) in [7, 11) is 0. The normalized spacial score (nSPS) is 11.4. The number of hydrazone groups is 1. The van der Waals surface area contributed by atoms with E-state index in [1.165, 1.54) is 0 Å². The highest BCUT2D eigenvalue weighted by molar-refractivity contribution is 6.42.